The van der Waals surface area contributed by atoms with Gasteiger partial charge in [0.05, 0.1) is 0 Å². The van der Waals surface area contributed by atoms with Crippen molar-refractivity contribution in [3.05, 3.63) is 11.3 Å². The highest BCUT2D eigenvalue weighted by molar-refractivity contribution is 6.02. The molecular formula is C20H29NO2. The summed E-state index contributed by atoms with van der Waals surface area (Å²) in [6.45, 7) is 9.15. The molecule has 0 bridgehead atoms. The van der Waals surface area contributed by atoms with Crippen LogP contribution in [0.4, 0.5) is 0 Å². The molecule has 3 fully saturated rings. The van der Waals surface area contributed by atoms with E-state index in [2.05, 4.69) is 33.0 Å². The summed E-state index contributed by atoms with van der Waals surface area (Å²) in [7, 11) is 0. The lowest BCUT2D eigenvalue weighted by Gasteiger charge is -2.42. The zero-order valence-electron chi connectivity index (χ0n) is 14.9. The first-order valence-corrected chi connectivity index (χ1v) is 9.37. The smallest absolute Gasteiger partial charge is 0.227 e. The van der Waals surface area contributed by atoms with Crippen LogP contribution < -0.4 is 5.32 Å². The van der Waals surface area contributed by atoms with Crippen molar-refractivity contribution in [1.82, 2.24) is 5.32 Å². The fourth-order valence-corrected chi connectivity index (χ4v) is 6.48. The van der Waals surface area contributed by atoms with Crippen molar-refractivity contribution in [3.63, 3.8) is 0 Å². The number of carbonyl (C=O) groups excluding carboxylic acids is 2. The van der Waals surface area contributed by atoms with Gasteiger partial charge in [-0.3, -0.25) is 9.59 Å². The van der Waals surface area contributed by atoms with Gasteiger partial charge in [0.15, 0.2) is 5.78 Å². The molecule has 1 saturated heterocycles. The second-order valence-corrected chi connectivity index (χ2v) is 9.30. The Hall–Kier alpha value is -1.12. The molecule has 4 aliphatic rings. The summed E-state index contributed by atoms with van der Waals surface area (Å²) < 4.78 is 0. The predicted molar refractivity (Wildman–Crippen MR) is 89.4 cm³/mol. The molecule has 4 rings (SSSR count). The molecule has 2 saturated carbocycles. The van der Waals surface area contributed by atoms with Gasteiger partial charge in [0.2, 0.25) is 5.91 Å². The number of rotatable bonds is 1. The highest BCUT2D eigenvalue weighted by Gasteiger charge is 2.59. The zero-order valence-corrected chi connectivity index (χ0v) is 14.9. The molecule has 126 valence electrons. The Kier molecular flexibility index (Phi) is 3.15. The van der Waals surface area contributed by atoms with Crippen LogP contribution in [0.2, 0.25) is 0 Å². The molecular weight excluding hydrogens is 286 g/mol. The maximum absolute atomic E-state index is 12.9. The topological polar surface area (TPSA) is 46.2 Å². The molecule has 1 N–H and O–H groups in total. The molecule has 3 nitrogen and oxygen atoms in total. The lowest BCUT2D eigenvalue weighted by molar-refractivity contribution is -0.125. The molecule has 3 heteroatoms. The summed E-state index contributed by atoms with van der Waals surface area (Å²) in [4.78, 5) is 25.5. The summed E-state index contributed by atoms with van der Waals surface area (Å²) in [6.07, 6.45) is 6.22. The van der Waals surface area contributed by atoms with Crippen LogP contribution in [0.25, 0.3) is 0 Å². The largest absolute Gasteiger partial charge is 0.329 e. The number of ketones is 1. The first-order valence-electron chi connectivity index (χ1n) is 9.37. The Balaban J connectivity index is 1.92. The van der Waals surface area contributed by atoms with Crippen molar-refractivity contribution in [1.29, 1.82) is 0 Å². The van der Waals surface area contributed by atoms with E-state index in [4.69, 9.17) is 0 Å². The minimum absolute atomic E-state index is 0.0525. The van der Waals surface area contributed by atoms with E-state index >= 15 is 0 Å². The van der Waals surface area contributed by atoms with Crippen LogP contribution >= 0.6 is 0 Å². The molecule has 0 aromatic rings. The third-order valence-corrected chi connectivity index (χ3v) is 7.69. The standard InChI is InChI=1S/C20H29NO2/c1-11(2)13-10-14(22)16-17-15-12(18(23)21-17)6-5-7-19(15,3)8-9-20(13,16)4/h11-13,15H,5-10H2,1-4H3,(H,21,23)/t12-,13+,15-,19-,20+/m0/s1. The van der Waals surface area contributed by atoms with Gasteiger partial charge in [0.1, 0.15) is 0 Å². The van der Waals surface area contributed by atoms with Crippen molar-refractivity contribution in [3.8, 4) is 0 Å². The third kappa shape index (κ3) is 1.88. The van der Waals surface area contributed by atoms with Gasteiger partial charge in [-0.25, -0.2) is 0 Å². The number of hydrogen-bond acceptors (Lipinski definition) is 2. The van der Waals surface area contributed by atoms with Gasteiger partial charge in [-0.1, -0.05) is 34.1 Å². The van der Waals surface area contributed by atoms with Gasteiger partial charge in [-0.05, 0) is 42.9 Å². The van der Waals surface area contributed by atoms with E-state index in [1.165, 1.54) is 6.42 Å². The molecule has 1 aliphatic heterocycles. The van der Waals surface area contributed by atoms with Crippen molar-refractivity contribution in [2.24, 2.45) is 34.5 Å². The molecule has 0 aromatic heterocycles. The Morgan fingerprint density at radius 2 is 1.87 bits per heavy atom. The normalized spacial score (nSPS) is 45.9. The van der Waals surface area contributed by atoms with Crippen LogP contribution in [0.5, 0.6) is 0 Å². The summed E-state index contributed by atoms with van der Waals surface area (Å²) >= 11 is 0. The molecule has 1 amide bonds. The number of nitrogens with one attached hydrogen (secondary N) is 1. The maximum Gasteiger partial charge on any atom is 0.227 e. The lowest BCUT2D eigenvalue weighted by atomic mass is 9.61. The Bertz CT molecular complexity index is 619. The molecule has 3 aliphatic carbocycles. The van der Waals surface area contributed by atoms with Crippen LogP contribution in [-0.4, -0.2) is 11.7 Å². The molecule has 0 unspecified atom stereocenters. The summed E-state index contributed by atoms with van der Waals surface area (Å²) in [5, 5.41) is 3.20. The van der Waals surface area contributed by atoms with Crippen LogP contribution in [0, 0.1) is 34.5 Å². The van der Waals surface area contributed by atoms with Crippen molar-refractivity contribution in [2.75, 3.05) is 0 Å². The van der Waals surface area contributed by atoms with Crippen molar-refractivity contribution < 1.29 is 9.59 Å². The second kappa shape index (κ2) is 4.70. The lowest BCUT2D eigenvalue weighted by Crippen LogP contribution is -2.36. The van der Waals surface area contributed by atoms with Gasteiger partial charge in [0.25, 0.3) is 0 Å². The van der Waals surface area contributed by atoms with E-state index in [9.17, 15) is 9.59 Å². The van der Waals surface area contributed by atoms with Gasteiger partial charge < -0.3 is 5.32 Å². The fraction of sp³-hybridized carbons (Fsp3) is 0.800. The summed E-state index contributed by atoms with van der Waals surface area (Å²) in [5.74, 6) is 1.76. The fourth-order valence-electron chi connectivity index (χ4n) is 6.48. The average molecular weight is 315 g/mol. The minimum Gasteiger partial charge on any atom is -0.329 e. The predicted octanol–water partition coefficient (Wildman–Crippen LogP) is 3.84. The van der Waals surface area contributed by atoms with E-state index in [0.717, 1.165) is 37.0 Å². The van der Waals surface area contributed by atoms with Crippen molar-refractivity contribution >= 4 is 11.7 Å². The summed E-state index contributed by atoms with van der Waals surface area (Å²) in [5.41, 5.74) is 2.17. The van der Waals surface area contributed by atoms with Crippen LogP contribution in [-0.2, 0) is 9.59 Å². The second-order valence-electron chi connectivity index (χ2n) is 9.30. The van der Waals surface area contributed by atoms with E-state index < -0.39 is 0 Å². The van der Waals surface area contributed by atoms with Crippen molar-refractivity contribution in [2.45, 2.75) is 66.2 Å². The number of Topliss-reactive ketones (excluding diaryl/α,β-unsaturated/α-hetero) is 1. The SMILES string of the molecule is CC(C)[C@H]1CC(=O)C2=C3NC(=O)[C@H]4CCC[C@@](C)(CC[C@@]21C)[C@H]34. The van der Waals surface area contributed by atoms with Crippen LogP contribution in [0.15, 0.2) is 11.3 Å². The number of hydrogen-bond donors (Lipinski definition) is 1. The monoisotopic (exact) mass is 315 g/mol. The average Bonchev–Trinajstić information content (AvgIpc) is 2.90. The van der Waals surface area contributed by atoms with Gasteiger partial charge in [0, 0.05) is 34.9 Å². The number of amides is 1. The molecule has 1 heterocycles. The highest BCUT2D eigenvalue weighted by atomic mass is 16.2. The Morgan fingerprint density at radius 1 is 1.13 bits per heavy atom. The molecule has 0 spiro atoms. The first kappa shape index (κ1) is 15.4. The van der Waals surface area contributed by atoms with E-state index in [1.807, 2.05) is 0 Å². The number of fused-ring (bicyclic) bond motifs is 1. The molecule has 5 atom stereocenters. The van der Waals surface area contributed by atoms with E-state index in [-0.39, 0.29) is 28.6 Å². The Morgan fingerprint density at radius 3 is 2.57 bits per heavy atom. The zero-order chi connectivity index (χ0) is 16.6. The van der Waals surface area contributed by atoms with Gasteiger partial charge in [-0.2, -0.15) is 0 Å². The van der Waals surface area contributed by atoms with Gasteiger partial charge in [-0.15, -0.1) is 0 Å². The van der Waals surface area contributed by atoms with Crippen LogP contribution in [0.1, 0.15) is 66.2 Å². The first-order chi connectivity index (χ1) is 10.8. The third-order valence-electron chi connectivity index (χ3n) is 7.69. The Labute approximate surface area is 139 Å². The molecule has 23 heavy (non-hydrogen) atoms. The highest BCUT2D eigenvalue weighted by Crippen LogP contribution is 2.62. The number of allylic oxidation sites excluding steroid dienone is 2. The van der Waals surface area contributed by atoms with E-state index in [0.29, 0.717) is 24.0 Å². The minimum atomic E-state index is -0.0525. The quantitative estimate of drug-likeness (QED) is 0.799. The summed E-state index contributed by atoms with van der Waals surface area (Å²) in [6, 6.07) is 0. The maximum atomic E-state index is 12.9. The number of carbonyl (C=O) groups is 2. The van der Waals surface area contributed by atoms with E-state index in [1.54, 1.807) is 0 Å². The van der Waals surface area contributed by atoms with Crippen LogP contribution in [0.3, 0.4) is 0 Å². The van der Waals surface area contributed by atoms with Gasteiger partial charge >= 0.3 is 0 Å². The molecule has 0 aromatic carbocycles. The molecule has 0 radical (unpaired) electrons.